The van der Waals surface area contributed by atoms with Gasteiger partial charge >= 0.3 is 0 Å². The van der Waals surface area contributed by atoms with Crippen molar-refractivity contribution in [3.8, 4) is 11.5 Å². The van der Waals surface area contributed by atoms with Gasteiger partial charge in [-0.15, -0.1) is 0 Å². The molecular weight excluding hydrogens is 346 g/mol. The van der Waals surface area contributed by atoms with Crippen LogP contribution in [-0.4, -0.2) is 7.11 Å². The Kier molecular flexibility index (Phi) is 6.53. The molecule has 0 radical (unpaired) electrons. The Labute approximate surface area is 159 Å². The minimum absolute atomic E-state index is 0.506. The fourth-order valence-corrected chi connectivity index (χ4v) is 2.95. The SMILES string of the molecule is COc1ccccc1CNCc1ccc(OCc2ccccc2)c(Cl)c1. The van der Waals surface area contributed by atoms with E-state index in [0.717, 1.165) is 35.5 Å². The summed E-state index contributed by atoms with van der Waals surface area (Å²) in [6.45, 7) is 1.95. The first-order valence-electron chi connectivity index (χ1n) is 8.54. The fraction of sp³-hybridized carbons (Fsp3) is 0.182. The molecule has 0 amide bonds. The van der Waals surface area contributed by atoms with Gasteiger partial charge in [0.2, 0.25) is 0 Å². The van der Waals surface area contributed by atoms with E-state index in [0.29, 0.717) is 17.4 Å². The predicted octanol–water partition coefficient (Wildman–Crippen LogP) is 5.22. The fourth-order valence-electron chi connectivity index (χ4n) is 2.70. The van der Waals surface area contributed by atoms with Gasteiger partial charge in [-0.1, -0.05) is 66.2 Å². The molecule has 0 atom stereocenters. The van der Waals surface area contributed by atoms with Crippen molar-refractivity contribution >= 4 is 11.6 Å². The molecular formula is C22H22ClNO2. The van der Waals surface area contributed by atoms with Crippen LogP contribution in [0.3, 0.4) is 0 Å². The Morgan fingerprint density at radius 3 is 2.35 bits per heavy atom. The average molecular weight is 368 g/mol. The normalized spacial score (nSPS) is 10.5. The number of methoxy groups -OCH3 is 1. The molecule has 0 aliphatic rings. The van der Waals surface area contributed by atoms with E-state index in [2.05, 4.69) is 11.4 Å². The van der Waals surface area contributed by atoms with E-state index in [-0.39, 0.29) is 0 Å². The van der Waals surface area contributed by atoms with Crippen molar-refractivity contribution in [2.45, 2.75) is 19.7 Å². The molecule has 3 aromatic carbocycles. The van der Waals surface area contributed by atoms with Crippen LogP contribution in [0, 0.1) is 0 Å². The third-order valence-corrected chi connectivity index (χ3v) is 4.37. The Balaban J connectivity index is 1.54. The Morgan fingerprint density at radius 2 is 1.58 bits per heavy atom. The first kappa shape index (κ1) is 18.3. The van der Waals surface area contributed by atoms with Gasteiger partial charge in [-0.25, -0.2) is 0 Å². The van der Waals surface area contributed by atoms with Crippen molar-refractivity contribution < 1.29 is 9.47 Å². The van der Waals surface area contributed by atoms with E-state index in [1.165, 1.54) is 0 Å². The quantitative estimate of drug-likeness (QED) is 0.592. The van der Waals surface area contributed by atoms with Crippen molar-refractivity contribution in [3.63, 3.8) is 0 Å². The lowest BCUT2D eigenvalue weighted by Gasteiger charge is -2.11. The molecule has 134 valence electrons. The topological polar surface area (TPSA) is 30.5 Å². The molecule has 0 fully saturated rings. The Bertz CT molecular complexity index is 837. The molecule has 3 aromatic rings. The van der Waals surface area contributed by atoms with Crippen LogP contribution in [0.2, 0.25) is 5.02 Å². The zero-order valence-corrected chi connectivity index (χ0v) is 15.5. The molecule has 0 heterocycles. The lowest BCUT2D eigenvalue weighted by Crippen LogP contribution is -2.13. The highest BCUT2D eigenvalue weighted by Crippen LogP contribution is 2.26. The first-order valence-corrected chi connectivity index (χ1v) is 8.92. The van der Waals surface area contributed by atoms with Crippen LogP contribution in [0.5, 0.6) is 11.5 Å². The second-order valence-electron chi connectivity index (χ2n) is 5.95. The molecule has 0 aliphatic heterocycles. The summed E-state index contributed by atoms with van der Waals surface area (Å²) in [5.41, 5.74) is 3.35. The largest absolute Gasteiger partial charge is 0.496 e. The maximum absolute atomic E-state index is 6.37. The van der Waals surface area contributed by atoms with E-state index in [9.17, 15) is 0 Å². The van der Waals surface area contributed by atoms with Crippen molar-refractivity contribution in [1.82, 2.24) is 5.32 Å². The zero-order chi connectivity index (χ0) is 18.2. The number of hydrogen-bond acceptors (Lipinski definition) is 3. The molecule has 0 spiro atoms. The number of halogens is 1. The summed E-state index contributed by atoms with van der Waals surface area (Å²) >= 11 is 6.37. The molecule has 0 aromatic heterocycles. The van der Waals surface area contributed by atoms with Crippen molar-refractivity contribution in [3.05, 3.63) is 94.5 Å². The van der Waals surface area contributed by atoms with Gasteiger partial charge in [0.1, 0.15) is 18.1 Å². The van der Waals surface area contributed by atoms with E-state index in [4.69, 9.17) is 21.1 Å². The van der Waals surface area contributed by atoms with Crippen LogP contribution in [0.15, 0.2) is 72.8 Å². The van der Waals surface area contributed by atoms with E-state index in [1.54, 1.807) is 7.11 Å². The number of nitrogens with one attached hydrogen (secondary N) is 1. The van der Waals surface area contributed by atoms with Crippen molar-refractivity contribution in [2.24, 2.45) is 0 Å². The molecule has 0 unspecified atom stereocenters. The van der Waals surface area contributed by atoms with Crippen LogP contribution < -0.4 is 14.8 Å². The predicted molar refractivity (Wildman–Crippen MR) is 106 cm³/mol. The molecule has 0 saturated heterocycles. The van der Waals surface area contributed by atoms with Gasteiger partial charge in [0.05, 0.1) is 12.1 Å². The van der Waals surface area contributed by atoms with Crippen molar-refractivity contribution in [2.75, 3.05) is 7.11 Å². The summed E-state index contributed by atoms with van der Waals surface area (Å²) in [7, 11) is 1.69. The number of rotatable bonds is 8. The van der Waals surface area contributed by atoms with Gasteiger partial charge in [0, 0.05) is 18.7 Å². The maximum Gasteiger partial charge on any atom is 0.138 e. The average Bonchev–Trinajstić information content (AvgIpc) is 2.68. The Hall–Kier alpha value is -2.49. The van der Waals surface area contributed by atoms with E-state index >= 15 is 0 Å². The lowest BCUT2D eigenvalue weighted by molar-refractivity contribution is 0.306. The lowest BCUT2D eigenvalue weighted by atomic mass is 10.2. The van der Waals surface area contributed by atoms with Gasteiger partial charge in [-0.2, -0.15) is 0 Å². The number of hydrogen-bond donors (Lipinski definition) is 1. The van der Waals surface area contributed by atoms with Crippen LogP contribution in [0.1, 0.15) is 16.7 Å². The molecule has 1 N–H and O–H groups in total. The minimum Gasteiger partial charge on any atom is -0.496 e. The van der Waals surface area contributed by atoms with Crippen molar-refractivity contribution in [1.29, 1.82) is 0 Å². The van der Waals surface area contributed by atoms with Gasteiger partial charge in [-0.05, 0) is 29.3 Å². The molecule has 0 bridgehead atoms. The second-order valence-corrected chi connectivity index (χ2v) is 6.36. The highest BCUT2D eigenvalue weighted by atomic mass is 35.5. The molecule has 0 aliphatic carbocycles. The monoisotopic (exact) mass is 367 g/mol. The second kappa shape index (κ2) is 9.27. The van der Waals surface area contributed by atoms with Crippen LogP contribution in [0.25, 0.3) is 0 Å². The number of ether oxygens (including phenoxy) is 2. The summed E-state index contributed by atoms with van der Waals surface area (Å²) in [5.74, 6) is 1.59. The summed E-state index contributed by atoms with van der Waals surface area (Å²) in [6, 6.07) is 23.9. The third kappa shape index (κ3) is 5.01. The molecule has 26 heavy (non-hydrogen) atoms. The van der Waals surface area contributed by atoms with Crippen LogP contribution >= 0.6 is 11.6 Å². The summed E-state index contributed by atoms with van der Waals surface area (Å²) in [4.78, 5) is 0. The van der Waals surface area contributed by atoms with E-state index < -0.39 is 0 Å². The Morgan fingerprint density at radius 1 is 0.808 bits per heavy atom. The molecule has 0 saturated carbocycles. The summed E-state index contributed by atoms with van der Waals surface area (Å²) < 4.78 is 11.2. The van der Waals surface area contributed by atoms with Crippen LogP contribution in [-0.2, 0) is 19.7 Å². The molecule has 3 rings (SSSR count). The van der Waals surface area contributed by atoms with Gasteiger partial charge in [0.25, 0.3) is 0 Å². The number of benzene rings is 3. The van der Waals surface area contributed by atoms with E-state index in [1.807, 2.05) is 66.7 Å². The standard InChI is InChI=1S/C22H22ClNO2/c1-25-21-10-6-5-9-19(21)15-24-14-18-11-12-22(20(23)13-18)26-16-17-7-3-2-4-8-17/h2-13,24H,14-16H2,1H3. The molecule has 3 nitrogen and oxygen atoms in total. The third-order valence-electron chi connectivity index (χ3n) is 4.07. The highest BCUT2D eigenvalue weighted by molar-refractivity contribution is 6.32. The highest BCUT2D eigenvalue weighted by Gasteiger charge is 2.05. The van der Waals surface area contributed by atoms with Gasteiger partial charge < -0.3 is 14.8 Å². The minimum atomic E-state index is 0.506. The zero-order valence-electron chi connectivity index (χ0n) is 14.7. The smallest absolute Gasteiger partial charge is 0.138 e. The first-order chi connectivity index (χ1) is 12.8. The summed E-state index contributed by atoms with van der Waals surface area (Å²) in [5, 5.41) is 4.04. The summed E-state index contributed by atoms with van der Waals surface area (Å²) in [6.07, 6.45) is 0. The number of para-hydroxylation sites is 1. The maximum atomic E-state index is 6.37. The van der Waals surface area contributed by atoms with Gasteiger partial charge in [-0.3, -0.25) is 0 Å². The molecule has 4 heteroatoms. The van der Waals surface area contributed by atoms with Crippen LogP contribution in [0.4, 0.5) is 0 Å². The van der Waals surface area contributed by atoms with Gasteiger partial charge in [0.15, 0.2) is 0 Å².